The zero-order valence-corrected chi connectivity index (χ0v) is 16.9. The van der Waals surface area contributed by atoms with Crippen molar-refractivity contribution in [3.05, 3.63) is 40.4 Å². The first-order valence-electron chi connectivity index (χ1n) is 9.39. The van der Waals surface area contributed by atoms with Crippen LogP contribution in [0.5, 0.6) is 5.75 Å². The Hall–Kier alpha value is -1.58. The molecule has 0 bridgehead atoms. The highest BCUT2D eigenvalue weighted by atomic mass is 32.1. The molecular weight excluding hydrogens is 362 g/mol. The summed E-state index contributed by atoms with van der Waals surface area (Å²) in [4.78, 5) is 5.72. The van der Waals surface area contributed by atoms with Gasteiger partial charge >= 0.3 is 0 Å². The lowest BCUT2D eigenvalue weighted by molar-refractivity contribution is 0.0641. The van der Waals surface area contributed by atoms with E-state index in [1.165, 1.54) is 22.0 Å². The number of ether oxygens (including phenoxy) is 1. The summed E-state index contributed by atoms with van der Waals surface area (Å²) in [6.45, 7) is 8.62. The molecule has 0 amide bonds. The molecule has 2 aromatic rings. The lowest BCUT2D eigenvalue weighted by atomic mass is 10.2. The maximum absolute atomic E-state index is 10.2. The minimum atomic E-state index is -0.467. The van der Waals surface area contributed by atoms with Gasteiger partial charge in [0.1, 0.15) is 18.5 Å². The summed E-state index contributed by atoms with van der Waals surface area (Å²) >= 11 is 1.46. The Labute approximate surface area is 165 Å². The molecule has 1 saturated heterocycles. The van der Waals surface area contributed by atoms with Gasteiger partial charge in [0.2, 0.25) is 0 Å². The fourth-order valence-electron chi connectivity index (χ4n) is 3.14. The van der Waals surface area contributed by atoms with Crippen LogP contribution in [0.1, 0.15) is 16.1 Å². The first kappa shape index (κ1) is 20.2. The van der Waals surface area contributed by atoms with E-state index < -0.39 is 6.10 Å². The number of aliphatic hydroxyl groups is 1. The summed E-state index contributed by atoms with van der Waals surface area (Å²) in [7, 11) is 2.09. The normalized spacial score (nSPS) is 16.6. The van der Waals surface area contributed by atoms with E-state index in [0.717, 1.165) is 50.7 Å². The van der Waals surface area contributed by atoms with E-state index in [2.05, 4.69) is 43.9 Å². The second-order valence-corrected chi connectivity index (χ2v) is 7.95. The van der Waals surface area contributed by atoms with E-state index in [1.54, 1.807) is 0 Å². The molecule has 2 N–H and O–H groups in total. The molecule has 1 unspecified atom stereocenters. The molecule has 8 heteroatoms. The van der Waals surface area contributed by atoms with Crippen molar-refractivity contribution in [3.8, 4) is 5.75 Å². The van der Waals surface area contributed by atoms with E-state index >= 15 is 0 Å². The molecule has 1 aliphatic rings. The summed E-state index contributed by atoms with van der Waals surface area (Å²) < 4.78 is 9.74. The van der Waals surface area contributed by atoms with Crippen LogP contribution in [0.25, 0.3) is 0 Å². The van der Waals surface area contributed by atoms with Crippen LogP contribution in [0.15, 0.2) is 24.3 Å². The third kappa shape index (κ3) is 6.51. The molecule has 2 heterocycles. The molecule has 0 saturated carbocycles. The van der Waals surface area contributed by atoms with Crippen molar-refractivity contribution in [2.24, 2.45) is 0 Å². The van der Waals surface area contributed by atoms with Gasteiger partial charge in [0, 0.05) is 45.8 Å². The fourth-order valence-corrected chi connectivity index (χ4v) is 3.85. The molecule has 148 valence electrons. The summed E-state index contributed by atoms with van der Waals surface area (Å²) in [5.74, 6) is 0.795. The van der Waals surface area contributed by atoms with Gasteiger partial charge in [-0.1, -0.05) is 16.6 Å². The zero-order valence-electron chi connectivity index (χ0n) is 16.1. The molecular formula is C19H29N5O2S. The summed E-state index contributed by atoms with van der Waals surface area (Å²) in [5, 5.41) is 17.6. The topological polar surface area (TPSA) is 73.8 Å². The van der Waals surface area contributed by atoms with Gasteiger partial charge in [-0.05, 0) is 43.2 Å². The van der Waals surface area contributed by atoms with Gasteiger partial charge < -0.3 is 15.2 Å². The van der Waals surface area contributed by atoms with E-state index in [-0.39, 0.29) is 0 Å². The number of aromatic nitrogens is 2. The van der Waals surface area contributed by atoms with Crippen LogP contribution in [-0.2, 0) is 13.1 Å². The van der Waals surface area contributed by atoms with Gasteiger partial charge in [-0.3, -0.25) is 9.80 Å². The Kier molecular flexibility index (Phi) is 7.54. The number of aryl methyl sites for hydroxylation is 1. The Morgan fingerprint density at radius 3 is 2.67 bits per heavy atom. The number of benzene rings is 1. The van der Waals surface area contributed by atoms with Crippen molar-refractivity contribution in [1.82, 2.24) is 24.7 Å². The van der Waals surface area contributed by atoms with Crippen molar-refractivity contribution in [3.63, 3.8) is 0 Å². The molecule has 3 rings (SSSR count). The van der Waals surface area contributed by atoms with E-state index in [9.17, 15) is 5.11 Å². The van der Waals surface area contributed by atoms with Crippen LogP contribution < -0.4 is 10.1 Å². The van der Waals surface area contributed by atoms with Crippen molar-refractivity contribution >= 4 is 11.5 Å². The van der Waals surface area contributed by atoms with Gasteiger partial charge in [0.15, 0.2) is 0 Å². The highest BCUT2D eigenvalue weighted by Crippen LogP contribution is 2.16. The third-order valence-electron chi connectivity index (χ3n) is 4.66. The lowest BCUT2D eigenvalue weighted by Gasteiger charge is -2.29. The number of hydrogen-bond donors (Lipinski definition) is 2. The second-order valence-electron chi connectivity index (χ2n) is 7.11. The minimum Gasteiger partial charge on any atom is -0.491 e. The van der Waals surface area contributed by atoms with Gasteiger partial charge in [-0.2, -0.15) is 0 Å². The Morgan fingerprint density at radius 2 is 2.00 bits per heavy atom. The Balaban J connectivity index is 1.40. The van der Waals surface area contributed by atoms with Crippen molar-refractivity contribution < 1.29 is 9.84 Å². The molecule has 1 atom stereocenters. The summed E-state index contributed by atoms with van der Waals surface area (Å²) in [6.07, 6.45) is -0.467. The van der Waals surface area contributed by atoms with Gasteiger partial charge in [0.25, 0.3) is 0 Å². The number of aliphatic hydroxyl groups excluding tert-OH is 1. The lowest BCUT2D eigenvalue weighted by Crippen LogP contribution is -2.47. The number of piperazine rings is 1. The summed E-state index contributed by atoms with van der Waals surface area (Å²) in [6, 6.07) is 8.10. The predicted octanol–water partition coefficient (Wildman–Crippen LogP) is 1.12. The first-order valence-corrected chi connectivity index (χ1v) is 10.2. The minimum absolute atomic E-state index is 0.320. The van der Waals surface area contributed by atoms with Gasteiger partial charge in [-0.25, -0.2) is 0 Å². The molecule has 1 fully saturated rings. The van der Waals surface area contributed by atoms with Crippen LogP contribution in [0.3, 0.4) is 0 Å². The third-order valence-corrected chi connectivity index (χ3v) is 5.46. The monoisotopic (exact) mass is 391 g/mol. The second kappa shape index (κ2) is 10.1. The zero-order chi connectivity index (χ0) is 19.1. The van der Waals surface area contributed by atoms with E-state index in [0.29, 0.717) is 13.2 Å². The number of β-amino-alcohol motifs (C(OH)–C–C–N with tert-alkyl or cyclic N) is 1. The van der Waals surface area contributed by atoms with Crippen LogP contribution in [0.4, 0.5) is 0 Å². The molecule has 0 spiro atoms. The van der Waals surface area contributed by atoms with Crippen molar-refractivity contribution in [2.75, 3.05) is 46.4 Å². The SMILES string of the molecule is Cc1nnsc1CN(C)Cc1ccc(OCC(O)CN2CCNCC2)cc1. The van der Waals surface area contributed by atoms with Gasteiger partial charge in [0.05, 0.1) is 10.6 Å². The summed E-state index contributed by atoms with van der Waals surface area (Å²) in [5.41, 5.74) is 2.23. The highest BCUT2D eigenvalue weighted by molar-refractivity contribution is 7.05. The average Bonchev–Trinajstić information content (AvgIpc) is 3.06. The van der Waals surface area contributed by atoms with Crippen LogP contribution in [0, 0.1) is 6.92 Å². The maximum Gasteiger partial charge on any atom is 0.119 e. The maximum atomic E-state index is 10.2. The average molecular weight is 392 g/mol. The number of nitrogens with zero attached hydrogens (tertiary/aromatic N) is 4. The number of hydrogen-bond acceptors (Lipinski definition) is 8. The smallest absolute Gasteiger partial charge is 0.119 e. The Bertz CT molecular complexity index is 688. The fraction of sp³-hybridized carbons (Fsp3) is 0.579. The Morgan fingerprint density at radius 1 is 1.26 bits per heavy atom. The number of rotatable bonds is 9. The van der Waals surface area contributed by atoms with E-state index in [4.69, 9.17) is 4.74 Å². The van der Waals surface area contributed by atoms with Crippen molar-refractivity contribution in [1.29, 1.82) is 0 Å². The highest BCUT2D eigenvalue weighted by Gasteiger charge is 2.14. The first-order chi connectivity index (χ1) is 13.1. The quantitative estimate of drug-likeness (QED) is 0.664. The van der Waals surface area contributed by atoms with E-state index in [1.807, 2.05) is 19.1 Å². The van der Waals surface area contributed by atoms with Crippen LogP contribution >= 0.6 is 11.5 Å². The standard InChI is InChI=1S/C19H29N5O2S/c1-15-19(27-22-21-15)13-23(2)11-16-3-5-18(6-4-16)26-14-17(25)12-24-9-7-20-8-10-24/h3-6,17,20,25H,7-14H2,1-2H3. The van der Waals surface area contributed by atoms with Crippen LogP contribution in [-0.4, -0.2) is 77.0 Å². The molecule has 27 heavy (non-hydrogen) atoms. The molecule has 1 aliphatic heterocycles. The predicted molar refractivity (Wildman–Crippen MR) is 107 cm³/mol. The van der Waals surface area contributed by atoms with Crippen LogP contribution in [0.2, 0.25) is 0 Å². The molecule has 0 radical (unpaired) electrons. The number of nitrogens with one attached hydrogen (secondary N) is 1. The van der Waals surface area contributed by atoms with Crippen molar-refractivity contribution in [2.45, 2.75) is 26.1 Å². The molecule has 1 aromatic carbocycles. The molecule has 1 aromatic heterocycles. The van der Waals surface area contributed by atoms with Gasteiger partial charge in [-0.15, -0.1) is 5.10 Å². The molecule has 7 nitrogen and oxygen atoms in total. The largest absolute Gasteiger partial charge is 0.491 e. The molecule has 0 aliphatic carbocycles.